The minimum Gasteiger partial charge on any atom is -0.490 e. The van der Waals surface area contributed by atoms with E-state index in [0.717, 1.165) is 35.3 Å². The van der Waals surface area contributed by atoms with Crippen molar-refractivity contribution in [1.29, 1.82) is 0 Å². The van der Waals surface area contributed by atoms with Crippen molar-refractivity contribution in [2.45, 2.75) is 19.5 Å². The Balaban J connectivity index is 1.57. The van der Waals surface area contributed by atoms with E-state index in [1.165, 1.54) is 4.88 Å². The van der Waals surface area contributed by atoms with Gasteiger partial charge in [0.1, 0.15) is 17.2 Å². The van der Waals surface area contributed by atoms with Gasteiger partial charge < -0.3 is 10.1 Å². The standard InChI is InChI=1S/C17H16ClN3O2S/c18-12-3-1-2-4-13(12)23-8-7-21-10-20-16-15(17(21)22)11-5-6-19-9-14(11)24-16/h1-4,10,19H,5-9H2. The van der Waals surface area contributed by atoms with Gasteiger partial charge in [0.2, 0.25) is 0 Å². The first-order valence-corrected chi connectivity index (χ1v) is 9.01. The molecule has 3 aromatic rings. The van der Waals surface area contributed by atoms with Gasteiger partial charge in [-0.25, -0.2) is 4.98 Å². The van der Waals surface area contributed by atoms with Gasteiger partial charge >= 0.3 is 0 Å². The third kappa shape index (κ3) is 2.81. The molecule has 0 atom stereocenters. The topological polar surface area (TPSA) is 56.2 Å². The predicted octanol–water partition coefficient (Wildman–Crippen LogP) is 2.84. The largest absolute Gasteiger partial charge is 0.490 e. The number of thiophene rings is 1. The zero-order valence-corrected chi connectivity index (χ0v) is 14.5. The maximum atomic E-state index is 12.8. The van der Waals surface area contributed by atoms with Gasteiger partial charge in [-0.05, 0) is 30.7 Å². The number of nitrogens with zero attached hydrogens (tertiary/aromatic N) is 2. The average molecular weight is 362 g/mol. The highest BCUT2D eigenvalue weighted by Gasteiger charge is 2.19. The van der Waals surface area contributed by atoms with Gasteiger partial charge in [-0.1, -0.05) is 23.7 Å². The zero-order valence-electron chi connectivity index (χ0n) is 12.9. The summed E-state index contributed by atoms with van der Waals surface area (Å²) < 4.78 is 7.29. The van der Waals surface area contributed by atoms with Crippen LogP contribution in [0.3, 0.4) is 0 Å². The first-order chi connectivity index (χ1) is 11.7. The molecule has 0 amide bonds. The summed E-state index contributed by atoms with van der Waals surface area (Å²) in [6.45, 7) is 2.54. The highest BCUT2D eigenvalue weighted by atomic mass is 35.5. The normalized spacial score (nSPS) is 13.9. The Morgan fingerprint density at radius 1 is 1.38 bits per heavy atom. The number of hydrogen-bond donors (Lipinski definition) is 1. The maximum Gasteiger partial charge on any atom is 0.262 e. The van der Waals surface area contributed by atoms with Gasteiger partial charge in [-0.2, -0.15) is 0 Å². The predicted molar refractivity (Wildman–Crippen MR) is 96.2 cm³/mol. The molecule has 24 heavy (non-hydrogen) atoms. The van der Waals surface area contributed by atoms with Crippen LogP contribution >= 0.6 is 22.9 Å². The third-order valence-corrected chi connectivity index (χ3v) is 5.58. The van der Waals surface area contributed by atoms with Gasteiger partial charge in [0.15, 0.2) is 0 Å². The highest BCUT2D eigenvalue weighted by Crippen LogP contribution is 2.29. The van der Waals surface area contributed by atoms with Gasteiger partial charge in [0, 0.05) is 11.4 Å². The summed E-state index contributed by atoms with van der Waals surface area (Å²) >= 11 is 7.68. The number of aromatic nitrogens is 2. The summed E-state index contributed by atoms with van der Waals surface area (Å²) in [6.07, 6.45) is 2.49. The maximum absolute atomic E-state index is 12.8. The number of ether oxygens (including phenoxy) is 1. The average Bonchev–Trinajstić information content (AvgIpc) is 2.98. The van der Waals surface area contributed by atoms with Crippen LogP contribution in [0.4, 0.5) is 0 Å². The molecule has 4 rings (SSSR count). The molecule has 1 aliphatic rings. The first-order valence-electron chi connectivity index (χ1n) is 7.82. The minimum atomic E-state index is 0.0159. The summed E-state index contributed by atoms with van der Waals surface area (Å²) in [5, 5.41) is 4.68. The highest BCUT2D eigenvalue weighted by molar-refractivity contribution is 7.18. The summed E-state index contributed by atoms with van der Waals surface area (Å²) in [7, 11) is 0. The van der Waals surface area contributed by atoms with Crippen LogP contribution in [0.1, 0.15) is 10.4 Å². The van der Waals surface area contributed by atoms with Crippen LogP contribution in [-0.2, 0) is 19.5 Å². The minimum absolute atomic E-state index is 0.0159. The van der Waals surface area contributed by atoms with E-state index in [1.54, 1.807) is 28.3 Å². The Hall–Kier alpha value is -1.89. The molecule has 7 heteroatoms. The molecular weight excluding hydrogens is 346 g/mol. The van der Waals surface area contributed by atoms with Crippen LogP contribution in [0.15, 0.2) is 35.4 Å². The van der Waals surface area contributed by atoms with Crippen molar-refractivity contribution in [2.75, 3.05) is 13.2 Å². The molecule has 1 aliphatic heterocycles. The second kappa shape index (κ2) is 6.55. The number of rotatable bonds is 4. The molecule has 0 fully saturated rings. The summed E-state index contributed by atoms with van der Waals surface area (Å²) in [5.74, 6) is 0.625. The number of halogens is 1. The first kappa shape index (κ1) is 15.6. The van der Waals surface area contributed by atoms with Gasteiger partial charge in [0.25, 0.3) is 5.56 Å². The van der Waals surface area contributed by atoms with E-state index in [-0.39, 0.29) is 5.56 Å². The van der Waals surface area contributed by atoms with Crippen molar-refractivity contribution in [3.05, 3.63) is 56.4 Å². The number of nitrogens with one attached hydrogen (secondary N) is 1. The van der Waals surface area contributed by atoms with Crippen molar-refractivity contribution >= 4 is 33.2 Å². The smallest absolute Gasteiger partial charge is 0.262 e. The summed E-state index contributed by atoms with van der Waals surface area (Å²) in [6, 6.07) is 7.32. The summed E-state index contributed by atoms with van der Waals surface area (Å²) in [4.78, 5) is 19.3. The Bertz CT molecular complexity index is 951. The van der Waals surface area contributed by atoms with Crippen LogP contribution in [-0.4, -0.2) is 22.7 Å². The van der Waals surface area contributed by atoms with Gasteiger partial charge in [-0.3, -0.25) is 9.36 Å². The van der Waals surface area contributed by atoms with Crippen molar-refractivity contribution in [2.24, 2.45) is 0 Å². The van der Waals surface area contributed by atoms with E-state index in [1.807, 2.05) is 18.2 Å². The molecule has 0 radical (unpaired) electrons. The lowest BCUT2D eigenvalue weighted by Crippen LogP contribution is -2.26. The Morgan fingerprint density at radius 2 is 2.25 bits per heavy atom. The molecule has 0 unspecified atom stereocenters. The number of fused-ring (bicyclic) bond motifs is 3. The zero-order chi connectivity index (χ0) is 16.5. The molecule has 124 valence electrons. The fourth-order valence-corrected chi connectivity index (χ4v) is 4.26. The molecule has 1 N–H and O–H groups in total. The monoisotopic (exact) mass is 361 g/mol. The fraction of sp³-hybridized carbons (Fsp3) is 0.294. The molecule has 0 saturated carbocycles. The number of hydrogen-bond acceptors (Lipinski definition) is 5. The molecule has 2 aromatic heterocycles. The van der Waals surface area contributed by atoms with Crippen molar-refractivity contribution in [1.82, 2.24) is 14.9 Å². The van der Waals surface area contributed by atoms with Crippen LogP contribution in [0.2, 0.25) is 5.02 Å². The fourth-order valence-electron chi connectivity index (χ4n) is 2.92. The molecule has 0 saturated heterocycles. The molecule has 5 nitrogen and oxygen atoms in total. The molecular formula is C17H16ClN3O2S. The summed E-state index contributed by atoms with van der Waals surface area (Å²) in [5.41, 5.74) is 1.18. The third-order valence-electron chi connectivity index (χ3n) is 4.12. The molecule has 0 aliphatic carbocycles. The van der Waals surface area contributed by atoms with Crippen molar-refractivity contribution in [3.8, 4) is 5.75 Å². The van der Waals surface area contributed by atoms with E-state index in [2.05, 4.69) is 10.3 Å². The van der Waals surface area contributed by atoms with Gasteiger partial charge in [0.05, 0.1) is 23.3 Å². The molecule has 1 aromatic carbocycles. The van der Waals surface area contributed by atoms with E-state index >= 15 is 0 Å². The Morgan fingerprint density at radius 3 is 3.12 bits per heavy atom. The van der Waals surface area contributed by atoms with Crippen molar-refractivity contribution < 1.29 is 4.74 Å². The van der Waals surface area contributed by atoms with Crippen LogP contribution in [0, 0.1) is 0 Å². The Kier molecular flexibility index (Phi) is 4.26. The number of para-hydroxylation sites is 1. The SMILES string of the molecule is O=c1c2c3c(sc2ncn1CCOc1ccccc1Cl)CNCC3. The lowest BCUT2D eigenvalue weighted by Gasteiger charge is -2.12. The molecule has 0 bridgehead atoms. The second-order valence-electron chi connectivity index (χ2n) is 5.63. The van der Waals surface area contributed by atoms with Crippen molar-refractivity contribution in [3.63, 3.8) is 0 Å². The lowest BCUT2D eigenvalue weighted by atomic mass is 10.1. The number of benzene rings is 1. The quantitative estimate of drug-likeness (QED) is 0.776. The molecule has 3 heterocycles. The Labute approximate surface area is 147 Å². The van der Waals surface area contributed by atoms with Gasteiger partial charge in [-0.15, -0.1) is 11.3 Å². The van der Waals surface area contributed by atoms with E-state index in [4.69, 9.17) is 16.3 Å². The van der Waals surface area contributed by atoms with Crippen LogP contribution < -0.4 is 15.6 Å². The van der Waals surface area contributed by atoms with E-state index < -0.39 is 0 Å². The van der Waals surface area contributed by atoms with Crippen LogP contribution in [0.5, 0.6) is 5.75 Å². The second-order valence-corrected chi connectivity index (χ2v) is 7.12. The van der Waals surface area contributed by atoms with Crippen LogP contribution in [0.25, 0.3) is 10.2 Å². The van der Waals surface area contributed by atoms with E-state index in [9.17, 15) is 4.79 Å². The lowest BCUT2D eigenvalue weighted by molar-refractivity contribution is 0.296. The van der Waals surface area contributed by atoms with E-state index in [0.29, 0.717) is 23.9 Å². The molecule has 0 spiro atoms.